The van der Waals surface area contributed by atoms with Crippen LogP contribution >= 0.6 is 34.8 Å². The van der Waals surface area contributed by atoms with Crippen LogP contribution in [0.2, 0.25) is 10.0 Å². The van der Waals surface area contributed by atoms with E-state index in [1.165, 1.54) is 18.7 Å². The Balaban J connectivity index is 0.000000190. The second kappa shape index (κ2) is 18.4. The third kappa shape index (κ3) is 10.8. The highest BCUT2D eigenvalue weighted by atomic mass is 35.5. The molecule has 2 spiro atoms. The average Bonchev–Trinajstić information content (AvgIpc) is 3.03. The fraction of sp³-hybridized carbons (Fsp3) is 0.333. The molecular formula is C39H43BCl3N4O4. The summed E-state index contributed by atoms with van der Waals surface area (Å²) in [5, 5.41) is 10.2. The first-order valence-electron chi connectivity index (χ1n) is 16.2. The first kappa shape index (κ1) is 40.4. The van der Waals surface area contributed by atoms with Crippen molar-refractivity contribution in [1.82, 2.24) is 10.2 Å². The van der Waals surface area contributed by atoms with E-state index < -0.39 is 0 Å². The Bertz CT molecular complexity index is 1690. The maximum Gasteiger partial charge on any atom is 0.255 e. The molecule has 4 aliphatic heterocycles. The Morgan fingerprint density at radius 1 is 0.647 bits per heavy atom. The number of rotatable bonds is 7. The van der Waals surface area contributed by atoms with Crippen LogP contribution in [-0.2, 0) is 21.9 Å². The summed E-state index contributed by atoms with van der Waals surface area (Å²) in [6.07, 6.45) is 0. The van der Waals surface area contributed by atoms with Gasteiger partial charge in [0.1, 0.15) is 0 Å². The molecule has 4 heterocycles. The molecule has 0 atom stereocenters. The quantitative estimate of drug-likeness (QED) is 0.133. The van der Waals surface area contributed by atoms with Crippen molar-refractivity contribution in [1.29, 1.82) is 0 Å². The lowest BCUT2D eigenvalue weighted by molar-refractivity contribution is -0.191. The zero-order valence-electron chi connectivity index (χ0n) is 27.6. The van der Waals surface area contributed by atoms with Gasteiger partial charge >= 0.3 is 0 Å². The van der Waals surface area contributed by atoms with Crippen LogP contribution in [0.25, 0.3) is 0 Å². The third-order valence-electron chi connectivity index (χ3n) is 8.95. The van der Waals surface area contributed by atoms with Gasteiger partial charge in [-0.3, -0.25) is 14.5 Å². The normalized spacial score (nSPS) is 17.1. The number of carbonyl (C=O) groups excluding carboxylic acids is 2. The van der Waals surface area contributed by atoms with Gasteiger partial charge in [-0.2, -0.15) is 0 Å². The molecule has 4 aromatic carbocycles. The second-order valence-electron chi connectivity index (χ2n) is 13.2. The molecule has 0 bridgehead atoms. The summed E-state index contributed by atoms with van der Waals surface area (Å²) >= 11 is 17.3. The van der Waals surface area contributed by atoms with Gasteiger partial charge < -0.3 is 25.4 Å². The van der Waals surface area contributed by atoms with E-state index in [0.29, 0.717) is 37.9 Å². The lowest BCUT2D eigenvalue weighted by atomic mass is 9.78. The number of ether oxygens (including phenoxy) is 2. The van der Waals surface area contributed by atoms with Crippen LogP contribution in [0.1, 0.15) is 39.3 Å². The van der Waals surface area contributed by atoms with Gasteiger partial charge in [-0.15, -0.1) is 11.6 Å². The van der Waals surface area contributed by atoms with Gasteiger partial charge in [0.05, 0.1) is 26.4 Å². The highest BCUT2D eigenvalue weighted by molar-refractivity contribution is 6.31. The minimum Gasteiger partial charge on any atom is -0.380 e. The molecule has 0 aliphatic carbocycles. The van der Waals surface area contributed by atoms with Crippen LogP contribution in [-0.4, -0.2) is 77.7 Å². The molecule has 4 aromatic rings. The summed E-state index contributed by atoms with van der Waals surface area (Å²) in [4.78, 5) is 26.5. The van der Waals surface area contributed by atoms with Crippen molar-refractivity contribution >= 4 is 66.4 Å². The summed E-state index contributed by atoms with van der Waals surface area (Å²) < 4.78 is 10.3. The number of amides is 2. The van der Waals surface area contributed by atoms with Gasteiger partial charge in [0, 0.05) is 90.4 Å². The van der Waals surface area contributed by atoms with E-state index in [1.807, 2.05) is 36.4 Å². The van der Waals surface area contributed by atoms with E-state index in [0.717, 1.165) is 63.0 Å². The maximum absolute atomic E-state index is 12.2. The van der Waals surface area contributed by atoms with Gasteiger partial charge in [-0.1, -0.05) is 54.9 Å². The van der Waals surface area contributed by atoms with Crippen molar-refractivity contribution in [2.45, 2.75) is 19.9 Å². The molecule has 2 amide bonds. The lowest BCUT2D eigenvalue weighted by Gasteiger charge is -2.55. The van der Waals surface area contributed by atoms with E-state index in [4.69, 9.17) is 44.3 Å². The molecule has 12 heteroatoms. The van der Waals surface area contributed by atoms with Crippen LogP contribution < -0.4 is 16.0 Å². The van der Waals surface area contributed by atoms with Gasteiger partial charge in [0.15, 0.2) is 0 Å². The highest BCUT2D eigenvalue weighted by Gasteiger charge is 2.48. The zero-order chi connectivity index (χ0) is 34.3. The molecule has 3 radical (unpaired) electrons. The highest BCUT2D eigenvalue weighted by Crippen LogP contribution is 2.38. The molecule has 4 saturated heterocycles. The van der Waals surface area contributed by atoms with E-state index in [-0.39, 0.29) is 27.7 Å². The molecule has 4 fully saturated rings. The summed E-state index contributed by atoms with van der Waals surface area (Å²) in [6, 6.07) is 29.1. The lowest BCUT2D eigenvalue weighted by Crippen LogP contribution is -2.65. The van der Waals surface area contributed by atoms with Crippen molar-refractivity contribution in [3.05, 3.63) is 129 Å². The number of likely N-dealkylation sites (tertiary alicyclic amines) is 1. The Hall–Kier alpha value is -3.41. The molecule has 8 rings (SSSR count). The zero-order valence-corrected chi connectivity index (χ0v) is 29.9. The Morgan fingerprint density at radius 3 is 1.37 bits per heavy atom. The molecule has 267 valence electrons. The summed E-state index contributed by atoms with van der Waals surface area (Å²) in [5.74, 6) is 0.171. The minimum absolute atomic E-state index is 0. The maximum atomic E-state index is 12.2. The Labute approximate surface area is 317 Å². The monoisotopic (exact) mass is 747 g/mol. The number of nitrogens with zero attached hydrogens (tertiary/aromatic N) is 1. The third-order valence-corrected chi connectivity index (χ3v) is 9.76. The fourth-order valence-electron chi connectivity index (χ4n) is 5.90. The van der Waals surface area contributed by atoms with Crippen LogP contribution in [0.3, 0.4) is 0 Å². The smallest absolute Gasteiger partial charge is 0.255 e. The molecule has 3 N–H and O–H groups in total. The summed E-state index contributed by atoms with van der Waals surface area (Å²) in [7, 11) is 0. The Kier molecular flexibility index (Phi) is 14.5. The minimum atomic E-state index is -0.162. The van der Waals surface area contributed by atoms with E-state index in [9.17, 15) is 9.59 Å². The number of hydrogen-bond donors (Lipinski definition) is 3. The molecule has 0 saturated carbocycles. The first-order chi connectivity index (χ1) is 23.7. The van der Waals surface area contributed by atoms with Crippen molar-refractivity contribution in [3.8, 4) is 0 Å². The molecular weight excluding hydrogens is 706 g/mol. The topological polar surface area (TPSA) is 91.9 Å². The molecule has 0 unspecified atom stereocenters. The predicted octanol–water partition coefficient (Wildman–Crippen LogP) is 7.62. The number of nitrogens with one attached hydrogen (secondary N) is 3. The molecule has 51 heavy (non-hydrogen) atoms. The molecule has 0 aromatic heterocycles. The average molecular weight is 749 g/mol. The van der Waals surface area contributed by atoms with E-state index >= 15 is 0 Å². The first-order valence-corrected chi connectivity index (χ1v) is 17.5. The summed E-state index contributed by atoms with van der Waals surface area (Å²) in [6.45, 7) is 9.41. The largest absolute Gasteiger partial charge is 0.380 e. The van der Waals surface area contributed by atoms with Crippen molar-refractivity contribution in [3.63, 3.8) is 0 Å². The molecule has 4 aliphatic rings. The van der Waals surface area contributed by atoms with E-state index in [2.05, 4.69) is 33.0 Å². The van der Waals surface area contributed by atoms with Gasteiger partial charge in [0.2, 0.25) is 0 Å². The second-order valence-corrected chi connectivity index (χ2v) is 14.3. The van der Waals surface area contributed by atoms with Gasteiger partial charge in [-0.05, 0) is 83.9 Å². The van der Waals surface area contributed by atoms with Gasteiger partial charge in [-0.25, -0.2) is 0 Å². The predicted molar refractivity (Wildman–Crippen MR) is 208 cm³/mol. The number of benzene rings is 4. The van der Waals surface area contributed by atoms with Crippen LogP contribution in [0.5, 0.6) is 0 Å². The standard InChI is InChI=1S/C19H19ClN2O2.C14H11Cl2NO.C5H9NO.CH4.B/c20-16-5-3-15(4-6-16)18(23)21-17-7-1-14(2-8-17)9-22-10-19(11-22)12-24-13-19;15-9-10-1-7-13(8-2-10)17-14(18)11-3-5-12(16)6-4-11;1-5(2-6-1)3-7-4-5;;/h1-8H,9-13H2,(H,21,23);1-8H,9H2,(H,17,18);6H,1-4H2;1H4;. The van der Waals surface area contributed by atoms with Crippen molar-refractivity contribution in [2.24, 2.45) is 10.8 Å². The van der Waals surface area contributed by atoms with Crippen LogP contribution in [0.4, 0.5) is 11.4 Å². The number of halogens is 3. The number of hydrogen-bond acceptors (Lipinski definition) is 6. The van der Waals surface area contributed by atoms with Crippen molar-refractivity contribution in [2.75, 3.05) is 63.2 Å². The fourth-order valence-corrected chi connectivity index (χ4v) is 6.33. The van der Waals surface area contributed by atoms with Gasteiger partial charge in [0.25, 0.3) is 11.8 Å². The Morgan fingerprint density at radius 2 is 1.06 bits per heavy atom. The number of alkyl halides is 1. The van der Waals surface area contributed by atoms with Crippen molar-refractivity contribution < 1.29 is 19.1 Å². The number of carbonyl (C=O) groups is 2. The number of anilines is 2. The van der Waals surface area contributed by atoms with Crippen LogP contribution in [0, 0.1) is 10.8 Å². The molecule has 8 nitrogen and oxygen atoms in total. The summed E-state index contributed by atoms with van der Waals surface area (Å²) in [5.41, 5.74) is 6.04. The van der Waals surface area contributed by atoms with Crippen LogP contribution in [0.15, 0.2) is 97.1 Å². The van der Waals surface area contributed by atoms with E-state index in [1.54, 1.807) is 48.5 Å². The SMILES string of the molecule is C.C1NCC12COC2.O=C(Nc1ccc(CCl)cc1)c1ccc(Cl)cc1.O=C(Nc1ccc(CN2CC3(COC3)C2)cc1)c1ccc(Cl)cc1.[B].